The van der Waals surface area contributed by atoms with Crippen LogP contribution in [-0.2, 0) is 31.4 Å². The van der Waals surface area contributed by atoms with Gasteiger partial charge in [-0.25, -0.2) is 26.7 Å². The highest BCUT2D eigenvalue weighted by atomic mass is 32.2. The highest BCUT2D eigenvalue weighted by molar-refractivity contribution is 7.89. The monoisotopic (exact) mass is 413 g/mol. The highest BCUT2D eigenvalue weighted by Crippen LogP contribution is 2.27. The van der Waals surface area contributed by atoms with Gasteiger partial charge in [0.25, 0.3) is 0 Å². The Bertz CT molecular complexity index is 1050. The first-order valence-electron chi connectivity index (χ1n) is 7.60. The number of carbonyl (C=O) groups excluding carboxylic acids is 1. The molecule has 0 heterocycles. The molecule has 0 aromatic heterocycles. The Kier molecular flexibility index (Phi) is 6.21. The summed E-state index contributed by atoms with van der Waals surface area (Å²) in [5.74, 6) is -0.229. The van der Waals surface area contributed by atoms with E-state index in [1.165, 1.54) is 56.5 Å². The molecule has 0 aliphatic carbocycles. The van der Waals surface area contributed by atoms with Crippen molar-refractivity contribution in [2.24, 2.45) is 5.14 Å². The molecule has 0 unspecified atom stereocenters. The number of benzene rings is 2. The quantitative estimate of drug-likeness (QED) is 0.612. The van der Waals surface area contributed by atoms with Crippen LogP contribution < -0.4 is 19.9 Å². The molecular weight excluding hydrogens is 394 g/mol. The standard InChI is InChI=1S/C16H19N3O6S2/c1-11(20)19-13-5-8-15(25-2)16(9-13)27(23,24)18-10-12-3-6-14(7-4-12)26(17,21)22/h3-9,18H,10H2,1-2H3,(H,19,20)(H2,17,21,22). The average Bonchev–Trinajstić information content (AvgIpc) is 2.59. The van der Waals surface area contributed by atoms with Gasteiger partial charge in [0.15, 0.2) is 0 Å². The van der Waals surface area contributed by atoms with Gasteiger partial charge in [-0.3, -0.25) is 4.79 Å². The summed E-state index contributed by atoms with van der Waals surface area (Å²) in [5, 5.41) is 7.53. The van der Waals surface area contributed by atoms with Gasteiger partial charge >= 0.3 is 0 Å². The molecule has 2 rings (SSSR count). The lowest BCUT2D eigenvalue weighted by molar-refractivity contribution is -0.114. The van der Waals surface area contributed by atoms with E-state index in [1.807, 2.05) is 0 Å². The Morgan fingerprint density at radius 1 is 1.07 bits per heavy atom. The lowest BCUT2D eigenvalue weighted by Crippen LogP contribution is -2.24. The fourth-order valence-corrected chi connectivity index (χ4v) is 3.95. The van der Waals surface area contributed by atoms with Crippen LogP contribution in [0.25, 0.3) is 0 Å². The van der Waals surface area contributed by atoms with Crippen LogP contribution in [-0.4, -0.2) is 29.9 Å². The third-order valence-corrected chi connectivity index (χ3v) is 5.84. The second-order valence-electron chi connectivity index (χ2n) is 5.56. The zero-order valence-electron chi connectivity index (χ0n) is 14.6. The summed E-state index contributed by atoms with van der Waals surface area (Å²) in [6.45, 7) is 1.22. The first-order valence-corrected chi connectivity index (χ1v) is 10.6. The third-order valence-electron chi connectivity index (χ3n) is 3.49. The summed E-state index contributed by atoms with van der Waals surface area (Å²) in [6.07, 6.45) is 0. The Morgan fingerprint density at radius 2 is 1.70 bits per heavy atom. The molecule has 0 bridgehead atoms. The van der Waals surface area contributed by atoms with E-state index in [2.05, 4.69) is 10.0 Å². The topological polar surface area (TPSA) is 145 Å². The number of anilines is 1. The van der Waals surface area contributed by atoms with Crippen molar-refractivity contribution in [2.75, 3.05) is 12.4 Å². The molecular formula is C16H19N3O6S2. The highest BCUT2D eigenvalue weighted by Gasteiger charge is 2.20. The molecule has 2 aromatic carbocycles. The number of sulfonamides is 2. The molecule has 0 fully saturated rings. The molecule has 11 heteroatoms. The number of hydrogen-bond donors (Lipinski definition) is 3. The lowest BCUT2D eigenvalue weighted by Gasteiger charge is -2.13. The average molecular weight is 413 g/mol. The van der Waals surface area contributed by atoms with Crippen molar-refractivity contribution in [3.8, 4) is 5.75 Å². The molecule has 0 saturated heterocycles. The van der Waals surface area contributed by atoms with Crippen molar-refractivity contribution in [1.82, 2.24) is 4.72 Å². The van der Waals surface area contributed by atoms with Gasteiger partial charge < -0.3 is 10.1 Å². The first kappa shape index (κ1) is 20.8. The van der Waals surface area contributed by atoms with Crippen LogP contribution in [0.3, 0.4) is 0 Å². The molecule has 1 amide bonds. The zero-order valence-corrected chi connectivity index (χ0v) is 16.2. The zero-order chi connectivity index (χ0) is 20.2. The second kappa shape index (κ2) is 8.05. The number of primary sulfonamides is 1. The van der Waals surface area contributed by atoms with Crippen LogP contribution in [0, 0.1) is 0 Å². The minimum atomic E-state index is -3.97. The number of carbonyl (C=O) groups is 1. The Balaban J connectivity index is 2.24. The molecule has 27 heavy (non-hydrogen) atoms. The SMILES string of the molecule is COc1ccc(NC(C)=O)cc1S(=O)(=O)NCc1ccc(S(N)(=O)=O)cc1. The maximum atomic E-state index is 12.6. The number of ether oxygens (including phenoxy) is 1. The Hall–Kier alpha value is -2.47. The van der Waals surface area contributed by atoms with Gasteiger partial charge in [-0.2, -0.15) is 0 Å². The number of hydrogen-bond acceptors (Lipinski definition) is 6. The predicted molar refractivity (Wildman–Crippen MR) is 99.1 cm³/mol. The van der Waals surface area contributed by atoms with Gasteiger partial charge in [0.1, 0.15) is 10.6 Å². The summed E-state index contributed by atoms with van der Waals surface area (Å²) in [5.41, 5.74) is 0.837. The fraction of sp³-hybridized carbons (Fsp3) is 0.188. The largest absolute Gasteiger partial charge is 0.495 e. The summed E-state index contributed by atoms with van der Waals surface area (Å²) in [4.78, 5) is 11.0. The smallest absolute Gasteiger partial charge is 0.244 e. The minimum Gasteiger partial charge on any atom is -0.495 e. The van der Waals surface area contributed by atoms with E-state index in [4.69, 9.17) is 9.88 Å². The van der Waals surface area contributed by atoms with Crippen LogP contribution in [0.15, 0.2) is 52.3 Å². The summed E-state index contributed by atoms with van der Waals surface area (Å²) in [7, 11) is -6.45. The van der Waals surface area contributed by atoms with E-state index in [0.717, 1.165) is 0 Å². The molecule has 0 spiro atoms. The Labute approximate surface area is 157 Å². The summed E-state index contributed by atoms with van der Waals surface area (Å²) in [6, 6.07) is 9.72. The van der Waals surface area contributed by atoms with E-state index in [9.17, 15) is 21.6 Å². The first-order chi connectivity index (χ1) is 12.5. The summed E-state index contributed by atoms with van der Waals surface area (Å²) < 4.78 is 55.2. The molecule has 0 atom stereocenters. The third kappa shape index (κ3) is 5.50. The van der Waals surface area contributed by atoms with Crippen molar-refractivity contribution in [3.05, 3.63) is 48.0 Å². The normalized spacial score (nSPS) is 11.8. The van der Waals surface area contributed by atoms with E-state index in [1.54, 1.807) is 0 Å². The number of nitrogens with two attached hydrogens (primary N) is 1. The molecule has 4 N–H and O–H groups in total. The fourth-order valence-electron chi connectivity index (χ4n) is 2.22. The number of nitrogens with one attached hydrogen (secondary N) is 2. The maximum Gasteiger partial charge on any atom is 0.244 e. The number of amides is 1. The molecule has 9 nitrogen and oxygen atoms in total. The molecule has 0 saturated carbocycles. The molecule has 0 aliphatic heterocycles. The van der Waals surface area contributed by atoms with Crippen molar-refractivity contribution < 1.29 is 26.4 Å². The molecule has 2 aromatic rings. The Morgan fingerprint density at radius 3 is 2.22 bits per heavy atom. The second-order valence-corrected chi connectivity index (χ2v) is 8.86. The van der Waals surface area contributed by atoms with Crippen LogP contribution in [0.4, 0.5) is 5.69 Å². The van der Waals surface area contributed by atoms with Gasteiger partial charge in [-0.1, -0.05) is 12.1 Å². The maximum absolute atomic E-state index is 12.6. The van der Waals surface area contributed by atoms with Crippen molar-refractivity contribution in [3.63, 3.8) is 0 Å². The molecule has 0 radical (unpaired) electrons. The minimum absolute atomic E-state index is 0.0706. The van der Waals surface area contributed by atoms with E-state index in [-0.39, 0.29) is 28.0 Å². The van der Waals surface area contributed by atoms with Gasteiger partial charge in [-0.15, -0.1) is 0 Å². The van der Waals surface area contributed by atoms with Gasteiger partial charge in [0, 0.05) is 19.2 Å². The molecule has 0 aliphatic rings. The van der Waals surface area contributed by atoms with Crippen molar-refractivity contribution in [2.45, 2.75) is 23.3 Å². The number of rotatable bonds is 7. The van der Waals surface area contributed by atoms with Crippen LogP contribution in [0.2, 0.25) is 0 Å². The molecule has 146 valence electrons. The number of methoxy groups -OCH3 is 1. The van der Waals surface area contributed by atoms with Crippen LogP contribution >= 0.6 is 0 Å². The van der Waals surface area contributed by atoms with Gasteiger partial charge in [-0.05, 0) is 35.9 Å². The van der Waals surface area contributed by atoms with E-state index < -0.39 is 20.0 Å². The lowest BCUT2D eigenvalue weighted by atomic mass is 10.2. The van der Waals surface area contributed by atoms with Crippen molar-refractivity contribution in [1.29, 1.82) is 0 Å². The van der Waals surface area contributed by atoms with Crippen molar-refractivity contribution >= 4 is 31.6 Å². The van der Waals surface area contributed by atoms with Gasteiger partial charge in [0.05, 0.1) is 12.0 Å². The predicted octanol–water partition coefficient (Wildman–Crippen LogP) is 0.780. The van der Waals surface area contributed by atoms with E-state index >= 15 is 0 Å². The van der Waals surface area contributed by atoms with Crippen LogP contribution in [0.5, 0.6) is 5.75 Å². The van der Waals surface area contributed by atoms with Crippen LogP contribution in [0.1, 0.15) is 12.5 Å². The summed E-state index contributed by atoms with van der Waals surface area (Å²) >= 11 is 0. The van der Waals surface area contributed by atoms with E-state index in [0.29, 0.717) is 11.3 Å². The van der Waals surface area contributed by atoms with Gasteiger partial charge in [0.2, 0.25) is 26.0 Å².